The Kier molecular flexibility index (Phi) is 8.67. The second-order valence-electron chi connectivity index (χ2n) is 11.7. The predicted octanol–water partition coefficient (Wildman–Crippen LogP) is 3.73. The van der Waals surface area contributed by atoms with Crippen molar-refractivity contribution in [3.8, 4) is 5.75 Å². The van der Waals surface area contributed by atoms with Crippen LogP contribution in [0.25, 0.3) is 10.9 Å². The second-order valence-corrected chi connectivity index (χ2v) is 11.7. The molecule has 0 saturated carbocycles. The minimum absolute atomic E-state index is 0.0651. The van der Waals surface area contributed by atoms with Gasteiger partial charge in [-0.25, -0.2) is 14.8 Å². The van der Waals surface area contributed by atoms with Gasteiger partial charge in [0, 0.05) is 45.1 Å². The number of urea groups is 1. The molecule has 1 unspecified atom stereocenters. The number of carbonyl (C=O) groups is 4. The lowest BCUT2D eigenvalue weighted by molar-refractivity contribution is -0.196. The fourth-order valence-electron chi connectivity index (χ4n) is 6.39. The topological polar surface area (TPSA) is 115 Å². The van der Waals surface area contributed by atoms with E-state index in [9.17, 15) is 19.2 Å². The third kappa shape index (κ3) is 6.14. The van der Waals surface area contributed by atoms with Gasteiger partial charge < -0.3 is 19.9 Å². The number of hydrazine groups is 1. The molecule has 2 aliphatic heterocycles. The zero-order chi connectivity index (χ0) is 32.4. The van der Waals surface area contributed by atoms with Crippen LogP contribution in [0.4, 0.5) is 4.79 Å². The molecule has 0 spiro atoms. The molecular weight excluding hydrogens is 584 g/mol. The SMILES string of the molecule is CC(=O)Oc1ccc(C[C@H]2C(=O)N(Cc3cccc4cccnc34)[C@@H](C)C3N2C(=O)CN(C)N3C(=O)NCc2ccccc2)cc1. The Hall–Kier alpha value is -5.29. The highest BCUT2D eigenvalue weighted by Crippen LogP contribution is 2.33. The number of hydrogen-bond donors (Lipinski definition) is 1. The summed E-state index contributed by atoms with van der Waals surface area (Å²) in [5.74, 6) is -0.505. The lowest BCUT2D eigenvalue weighted by Gasteiger charge is -2.57. The van der Waals surface area contributed by atoms with Gasteiger partial charge in [0.15, 0.2) is 0 Å². The van der Waals surface area contributed by atoms with E-state index < -0.39 is 24.2 Å². The van der Waals surface area contributed by atoms with Gasteiger partial charge in [-0.1, -0.05) is 66.7 Å². The van der Waals surface area contributed by atoms with E-state index in [0.29, 0.717) is 12.3 Å². The first-order chi connectivity index (χ1) is 22.2. The zero-order valence-corrected chi connectivity index (χ0v) is 26.0. The molecule has 2 fully saturated rings. The van der Waals surface area contributed by atoms with E-state index in [4.69, 9.17) is 4.74 Å². The minimum atomic E-state index is -0.880. The summed E-state index contributed by atoms with van der Waals surface area (Å²) < 4.78 is 5.18. The number of nitrogens with one attached hydrogen (secondary N) is 1. The number of para-hydroxylation sites is 1. The Morgan fingerprint density at radius 1 is 0.935 bits per heavy atom. The lowest BCUT2D eigenvalue weighted by Crippen LogP contribution is -2.78. The molecule has 4 amide bonds. The average Bonchev–Trinajstić information content (AvgIpc) is 3.05. The molecule has 236 valence electrons. The van der Waals surface area contributed by atoms with Crippen LogP contribution in [0.5, 0.6) is 5.75 Å². The van der Waals surface area contributed by atoms with Crippen molar-refractivity contribution in [2.45, 2.75) is 51.6 Å². The highest BCUT2D eigenvalue weighted by Gasteiger charge is 2.54. The number of nitrogens with zero attached hydrogens (tertiary/aromatic N) is 5. The van der Waals surface area contributed by atoms with E-state index in [2.05, 4.69) is 10.3 Å². The summed E-state index contributed by atoms with van der Waals surface area (Å²) in [5.41, 5.74) is 3.38. The first-order valence-electron chi connectivity index (χ1n) is 15.2. The maximum atomic E-state index is 14.5. The molecule has 3 heterocycles. The number of piperazine rings is 1. The molecule has 11 heteroatoms. The smallest absolute Gasteiger partial charge is 0.334 e. The maximum absolute atomic E-state index is 14.5. The quantitative estimate of drug-likeness (QED) is 0.247. The minimum Gasteiger partial charge on any atom is -0.427 e. The normalized spacial score (nSPS) is 20.1. The van der Waals surface area contributed by atoms with E-state index in [1.807, 2.05) is 67.6 Å². The van der Waals surface area contributed by atoms with Crippen molar-refractivity contribution in [1.29, 1.82) is 0 Å². The zero-order valence-electron chi connectivity index (χ0n) is 26.0. The van der Waals surface area contributed by atoms with Crippen molar-refractivity contribution in [1.82, 2.24) is 30.1 Å². The van der Waals surface area contributed by atoms with E-state index in [0.717, 1.165) is 27.6 Å². The van der Waals surface area contributed by atoms with Crippen LogP contribution in [0, 0.1) is 0 Å². The van der Waals surface area contributed by atoms with Gasteiger partial charge >= 0.3 is 12.0 Å². The van der Waals surface area contributed by atoms with Gasteiger partial charge in [-0.05, 0) is 41.8 Å². The summed E-state index contributed by atoms with van der Waals surface area (Å²) >= 11 is 0. The molecule has 4 aromatic rings. The summed E-state index contributed by atoms with van der Waals surface area (Å²) in [6, 6.07) is 24.4. The number of rotatable bonds is 7. The van der Waals surface area contributed by atoms with Gasteiger partial charge in [-0.15, -0.1) is 0 Å². The number of fused-ring (bicyclic) bond motifs is 2. The van der Waals surface area contributed by atoms with E-state index >= 15 is 0 Å². The standard InChI is InChI=1S/C35H36N6O5/c1-23-33-40(31(43)22-38(3)41(33)35(45)37-20-26-9-5-4-6-10-26)30(19-25-14-16-29(17-15-25)46-24(2)42)34(44)39(23)21-28-12-7-11-27-13-8-18-36-32(27)28/h4-18,23,30,33H,19-22H2,1-3H3,(H,37,45)/t23-,30-,33?/m0/s1. The first kappa shape index (κ1) is 30.7. The van der Waals surface area contributed by atoms with Gasteiger partial charge in [0.2, 0.25) is 11.8 Å². The Bertz CT molecular complexity index is 1760. The third-order valence-electron chi connectivity index (χ3n) is 8.55. The molecule has 0 radical (unpaired) electrons. The molecule has 11 nitrogen and oxygen atoms in total. The van der Waals surface area contributed by atoms with Crippen LogP contribution in [0.2, 0.25) is 0 Å². The molecule has 2 saturated heterocycles. The van der Waals surface area contributed by atoms with Crippen LogP contribution in [0.3, 0.4) is 0 Å². The fourth-order valence-corrected chi connectivity index (χ4v) is 6.39. The molecular formula is C35H36N6O5. The summed E-state index contributed by atoms with van der Waals surface area (Å²) in [5, 5.41) is 7.15. The molecule has 3 atom stereocenters. The summed E-state index contributed by atoms with van der Waals surface area (Å²) in [7, 11) is 1.71. The highest BCUT2D eigenvalue weighted by molar-refractivity contribution is 5.92. The first-order valence-corrected chi connectivity index (χ1v) is 15.2. The lowest BCUT2D eigenvalue weighted by atomic mass is 9.94. The molecule has 1 aromatic heterocycles. The third-order valence-corrected chi connectivity index (χ3v) is 8.55. The van der Waals surface area contributed by atoms with Gasteiger partial charge in [-0.2, -0.15) is 0 Å². The number of likely N-dealkylation sites (N-methyl/N-ethyl adjacent to an activating group) is 1. The number of pyridine rings is 1. The maximum Gasteiger partial charge on any atom is 0.334 e. The number of aromatic nitrogens is 1. The number of carbonyl (C=O) groups excluding carboxylic acids is 4. The van der Waals surface area contributed by atoms with Crippen LogP contribution in [-0.2, 0) is 33.9 Å². The Morgan fingerprint density at radius 2 is 1.67 bits per heavy atom. The largest absolute Gasteiger partial charge is 0.427 e. The fraction of sp³-hybridized carbons (Fsp3) is 0.286. The molecule has 0 bridgehead atoms. The van der Waals surface area contributed by atoms with Gasteiger partial charge in [0.05, 0.1) is 18.1 Å². The summed E-state index contributed by atoms with van der Waals surface area (Å²) in [4.78, 5) is 61.5. The van der Waals surface area contributed by atoms with Crippen molar-refractivity contribution in [2.24, 2.45) is 0 Å². The average molecular weight is 621 g/mol. The van der Waals surface area contributed by atoms with Crippen LogP contribution in [0.1, 0.15) is 30.5 Å². The molecule has 0 aliphatic carbocycles. The summed E-state index contributed by atoms with van der Waals surface area (Å²) in [6.07, 6.45) is 1.17. The molecule has 2 aliphatic rings. The number of hydrogen-bond acceptors (Lipinski definition) is 7. The van der Waals surface area contributed by atoms with E-state index in [1.165, 1.54) is 6.92 Å². The predicted molar refractivity (Wildman–Crippen MR) is 171 cm³/mol. The number of esters is 1. The molecule has 3 aromatic carbocycles. The second kappa shape index (κ2) is 13.0. The Morgan fingerprint density at radius 3 is 2.41 bits per heavy atom. The van der Waals surface area contributed by atoms with Crippen LogP contribution in [-0.4, -0.2) is 80.5 Å². The highest BCUT2D eigenvalue weighted by atomic mass is 16.5. The number of amides is 4. The van der Waals surface area contributed by atoms with Crippen molar-refractivity contribution >= 4 is 34.7 Å². The van der Waals surface area contributed by atoms with Crippen LogP contribution >= 0.6 is 0 Å². The summed E-state index contributed by atoms with van der Waals surface area (Å²) in [6.45, 7) is 3.70. The molecule has 46 heavy (non-hydrogen) atoms. The van der Waals surface area contributed by atoms with E-state index in [-0.39, 0.29) is 37.4 Å². The van der Waals surface area contributed by atoms with Crippen LogP contribution < -0.4 is 10.1 Å². The van der Waals surface area contributed by atoms with Crippen molar-refractivity contribution in [3.05, 3.63) is 108 Å². The Balaban J connectivity index is 1.36. The molecule has 6 rings (SSSR count). The Labute approximate surface area is 267 Å². The van der Waals surface area contributed by atoms with Crippen molar-refractivity contribution < 1.29 is 23.9 Å². The van der Waals surface area contributed by atoms with E-state index in [1.54, 1.807) is 57.3 Å². The van der Waals surface area contributed by atoms with Gasteiger partial charge in [0.25, 0.3) is 0 Å². The van der Waals surface area contributed by atoms with Gasteiger partial charge in [0.1, 0.15) is 18.0 Å². The molecule has 1 N–H and O–H groups in total. The monoisotopic (exact) mass is 620 g/mol. The van der Waals surface area contributed by atoms with Crippen molar-refractivity contribution in [2.75, 3.05) is 13.6 Å². The van der Waals surface area contributed by atoms with Crippen molar-refractivity contribution in [3.63, 3.8) is 0 Å². The van der Waals surface area contributed by atoms with Gasteiger partial charge in [-0.3, -0.25) is 19.4 Å². The number of ether oxygens (including phenoxy) is 1. The number of benzene rings is 3. The van der Waals surface area contributed by atoms with Crippen LogP contribution in [0.15, 0.2) is 91.1 Å².